The Kier molecular flexibility index (Phi) is 5.74. The third kappa shape index (κ3) is 5.05. The summed E-state index contributed by atoms with van der Waals surface area (Å²) in [4.78, 5) is 14.6. The summed E-state index contributed by atoms with van der Waals surface area (Å²) in [5.41, 5.74) is 2.60. The van der Waals surface area contributed by atoms with Crippen LogP contribution < -0.4 is 5.32 Å². The maximum atomic E-state index is 12.2. The number of carbonyl (C=O) groups excluding carboxylic acids is 1. The van der Waals surface area contributed by atoms with Gasteiger partial charge >= 0.3 is 0 Å². The van der Waals surface area contributed by atoms with Gasteiger partial charge in [-0.15, -0.1) is 0 Å². The molecule has 2 aromatic carbocycles. The SMILES string of the molecule is CC1CN(Cc2ccc(NC(=O)c3ccc(Cl)cc3)cc2)CC(C)O1. The van der Waals surface area contributed by atoms with Crippen molar-refractivity contribution in [1.29, 1.82) is 0 Å². The lowest BCUT2D eigenvalue weighted by Gasteiger charge is -2.35. The van der Waals surface area contributed by atoms with Gasteiger partial charge in [-0.1, -0.05) is 23.7 Å². The minimum Gasteiger partial charge on any atom is -0.373 e. The lowest BCUT2D eigenvalue weighted by atomic mass is 10.1. The maximum absolute atomic E-state index is 12.2. The van der Waals surface area contributed by atoms with E-state index in [0.717, 1.165) is 25.3 Å². The van der Waals surface area contributed by atoms with Crippen LogP contribution in [-0.4, -0.2) is 36.1 Å². The van der Waals surface area contributed by atoms with Gasteiger partial charge in [0, 0.05) is 35.9 Å². The van der Waals surface area contributed by atoms with E-state index in [0.29, 0.717) is 10.6 Å². The zero-order chi connectivity index (χ0) is 17.8. The molecule has 0 bridgehead atoms. The number of rotatable bonds is 4. The van der Waals surface area contributed by atoms with Gasteiger partial charge in [0.05, 0.1) is 12.2 Å². The van der Waals surface area contributed by atoms with Crippen molar-refractivity contribution >= 4 is 23.2 Å². The second-order valence-electron chi connectivity index (χ2n) is 6.61. The highest BCUT2D eigenvalue weighted by Gasteiger charge is 2.21. The van der Waals surface area contributed by atoms with Gasteiger partial charge in [-0.3, -0.25) is 9.69 Å². The maximum Gasteiger partial charge on any atom is 0.255 e. The zero-order valence-electron chi connectivity index (χ0n) is 14.5. The first-order valence-electron chi connectivity index (χ1n) is 8.53. The Hall–Kier alpha value is -1.88. The molecule has 0 radical (unpaired) electrons. The highest BCUT2D eigenvalue weighted by Crippen LogP contribution is 2.17. The summed E-state index contributed by atoms with van der Waals surface area (Å²) in [6.45, 7) is 7.00. The Morgan fingerprint density at radius 1 is 1.08 bits per heavy atom. The first-order chi connectivity index (χ1) is 12.0. The summed E-state index contributed by atoms with van der Waals surface area (Å²) in [7, 11) is 0. The smallest absolute Gasteiger partial charge is 0.255 e. The second-order valence-corrected chi connectivity index (χ2v) is 7.05. The fourth-order valence-corrected chi connectivity index (χ4v) is 3.30. The van der Waals surface area contributed by atoms with Crippen LogP contribution in [0.1, 0.15) is 29.8 Å². The molecule has 0 saturated carbocycles. The summed E-state index contributed by atoms with van der Waals surface area (Å²) >= 11 is 5.85. The van der Waals surface area contributed by atoms with E-state index in [1.165, 1.54) is 5.56 Å². The Labute approximate surface area is 153 Å². The molecular formula is C20H23ClN2O2. The number of ether oxygens (including phenoxy) is 1. The van der Waals surface area contributed by atoms with Crippen LogP contribution in [0.4, 0.5) is 5.69 Å². The molecule has 4 nitrogen and oxygen atoms in total. The fourth-order valence-electron chi connectivity index (χ4n) is 3.17. The van der Waals surface area contributed by atoms with Crippen LogP contribution in [0.2, 0.25) is 5.02 Å². The molecule has 1 N–H and O–H groups in total. The summed E-state index contributed by atoms with van der Waals surface area (Å²) in [6.07, 6.45) is 0.531. The standard InChI is InChI=1S/C20H23ClN2O2/c1-14-11-23(12-15(2)25-14)13-16-3-9-19(10-4-16)22-20(24)17-5-7-18(21)8-6-17/h3-10,14-15H,11-13H2,1-2H3,(H,22,24). The molecular weight excluding hydrogens is 336 g/mol. The molecule has 1 saturated heterocycles. The quantitative estimate of drug-likeness (QED) is 0.890. The Morgan fingerprint density at radius 3 is 2.28 bits per heavy atom. The molecule has 2 atom stereocenters. The molecule has 1 amide bonds. The van der Waals surface area contributed by atoms with E-state index in [1.54, 1.807) is 24.3 Å². The third-order valence-corrected chi connectivity index (χ3v) is 4.47. The molecule has 3 rings (SSSR count). The van der Waals surface area contributed by atoms with Gasteiger partial charge in [0.25, 0.3) is 5.91 Å². The van der Waals surface area contributed by atoms with Crippen molar-refractivity contribution in [3.63, 3.8) is 0 Å². The summed E-state index contributed by atoms with van der Waals surface area (Å²) < 4.78 is 5.77. The summed E-state index contributed by atoms with van der Waals surface area (Å²) in [5.74, 6) is -0.139. The number of morpholine rings is 1. The number of hydrogen-bond acceptors (Lipinski definition) is 3. The molecule has 132 valence electrons. The minimum atomic E-state index is -0.139. The van der Waals surface area contributed by atoms with Crippen LogP contribution in [-0.2, 0) is 11.3 Å². The lowest BCUT2D eigenvalue weighted by Crippen LogP contribution is -2.44. The van der Waals surface area contributed by atoms with Gasteiger partial charge in [-0.25, -0.2) is 0 Å². The van der Waals surface area contributed by atoms with E-state index in [9.17, 15) is 4.79 Å². The van der Waals surface area contributed by atoms with Crippen molar-refractivity contribution in [2.75, 3.05) is 18.4 Å². The molecule has 2 unspecified atom stereocenters. The first-order valence-corrected chi connectivity index (χ1v) is 8.91. The number of anilines is 1. The molecule has 1 aliphatic rings. The number of nitrogens with zero attached hydrogens (tertiary/aromatic N) is 1. The number of amides is 1. The molecule has 0 aliphatic carbocycles. The molecule has 1 heterocycles. The normalized spacial score (nSPS) is 21.1. The van der Waals surface area contributed by atoms with Gasteiger partial charge in [-0.2, -0.15) is 0 Å². The lowest BCUT2D eigenvalue weighted by molar-refractivity contribution is -0.0704. The van der Waals surface area contributed by atoms with Crippen LogP contribution >= 0.6 is 11.6 Å². The highest BCUT2D eigenvalue weighted by atomic mass is 35.5. The van der Waals surface area contributed by atoms with Crippen molar-refractivity contribution in [1.82, 2.24) is 4.90 Å². The topological polar surface area (TPSA) is 41.6 Å². The largest absolute Gasteiger partial charge is 0.373 e. The Bertz CT molecular complexity index is 705. The molecule has 25 heavy (non-hydrogen) atoms. The van der Waals surface area contributed by atoms with Crippen molar-refractivity contribution in [3.8, 4) is 0 Å². The van der Waals surface area contributed by atoms with Gasteiger partial charge in [0.15, 0.2) is 0 Å². The monoisotopic (exact) mass is 358 g/mol. The molecule has 1 aliphatic heterocycles. The number of nitrogens with one attached hydrogen (secondary N) is 1. The van der Waals surface area contributed by atoms with Crippen molar-refractivity contribution in [2.24, 2.45) is 0 Å². The predicted octanol–water partition coefficient (Wildman–Crippen LogP) is 4.20. The number of halogens is 1. The summed E-state index contributed by atoms with van der Waals surface area (Å²) in [6, 6.07) is 14.9. The van der Waals surface area contributed by atoms with Crippen LogP contribution in [0, 0.1) is 0 Å². The van der Waals surface area contributed by atoms with Gasteiger partial charge in [0.1, 0.15) is 0 Å². The van der Waals surface area contributed by atoms with Crippen molar-refractivity contribution < 1.29 is 9.53 Å². The minimum absolute atomic E-state index is 0.139. The zero-order valence-corrected chi connectivity index (χ0v) is 15.3. The molecule has 0 aromatic heterocycles. The van der Waals surface area contributed by atoms with Gasteiger partial charge in [-0.05, 0) is 55.8 Å². The van der Waals surface area contributed by atoms with Crippen molar-refractivity contribution in [2.45, 2.75) is 32.6 Å². The Balaban J connectivity index is 1.58. The van der Waals surface area contributed by atoms with Crippen LogP contribution in [0.25, 0.3) is 0 Å². The Morgan fingerprint density at radius 2 is 1.68 bits per heavy atom. The number of benzene rings is 2. The van der Waals surface area contributed by atoms with E-state index < -0.39 is 0 Å². The third-order valence-electron chi connectivity index (χ3n) is 4.22. The second kappa shape index (κ2) is 8.00. The highest BCUT2D eigenvalue weighted by molar-refractivity contribution is 6.30. The number of hydrogen-bond donors (Lipinski definition) is 1. The molecule has 1 fully saturated rings. The van der Waals surface area contributed by atoms with E-state index in [4.69, 9.17) is 16.3 Å². The van der Waals surface area contributed by atoms with Crippen molar-refractivity contribution in [3.05, 3.63) is 64.7 Å². The van der Waals surface area contributed by atoms with E-state index >= 15 is 0 Å². The summed E-state index contributed by atoms with van der Waals surface area (Å²) in [5, 5.41) is 3.53. The van der Waals surface area contributed by atoms with E-state index in [2.05, 4.69) is 36.2 Å². The van der Waals surface area contributed by atoms with Crippen LogP contribution in [0.15, 0.2) is 48.5 Å². The van der Waals surface area contributed by atoms with Gasteiger partial charge in [0.2, 0.25) is 0 Å². The predicted molar refractivity (Wildman–Crippen MR) is 101 cm³/mol. The fraction of sp³-hybridized carbons (Fsp3) is 0.350. The van der Waals surface area contributed by atoms with Gasteiger partial charge < -0.3 is 10.1 Å². The van der Waals surface area contributed by atoms with E-state index in [1.807, 2.05) is 12.1 Å². The molecule has 2 aromatic rings. The number of carbonyl (C=O) groups is 1. The molecule has 0 spiro atoms. The molecule has 5 heteroatoms. The van der Waals surface area contributed by atoms with E-state index in [-0.39, 0.29) is 18.1 Å². The van der Waals surface area contributed by atoms with Crippen LogP contribution in [0.3, 0.4) is 0 Å². The first kappa shape index (κ1) is 17.9. The van der Waals surface area contributed by atoms with Crippen LogP contribution in [0.5, 0.6) is 0 Å². The average molecular weight is 359 g/mol. The average Bonchev–Trinajstić information content (AvgIpc) is 2.56.